The fourth-order valence-electron chi connectivity index (χ4n) is 1.92. The van der Waals surface area contributed by atoms with E-state index < -0.39 is 6.04 Å². The summed E-state index contributed by atoms with van der Waals surface area (Å²) in [4.78, 5) is 0. The fraction of sp³-hybridized carbons (Fsp3) is 0.188. The predicted molar refractivity (Wildman–Crippen MR) is 74.6 cm³/mol. The number of aromatic hydroxyl groups is 1. The highest BCUT2D eigenvalue weighted by molar-refractivity contribution is 5.30. The van der Waals surface area contributed by atoms with Crippen LogP contribution in [0.5, 0.6) is 5.75 Å². The number of benzene rings is 2. The Bertz CT molecular complexity index is 587. The second kappa shape index (κ2) is 6.69. The number of hydrogen-bond donors (Lipinski definition) is 2. The SMILES string of the molecule is N#CC(NCCc1ccc(F)cc1)c1ccc(O)cc1. The predicted octanol–water partition coefficient (Wildman–Crippen LogP) is 2.93. The van der Waals surface area contributed by atoms with Crippen molar-refractivity contribution in [2.45, 2.75) is 12.5 Å². The zero-order valence-electron chi connectivity index (χ0n) is 10.9. The van der Waals surface area contributed by atoms with Gasteiger partial charge in [0.25, 0.3) is 0 Å². The van der Waals surface area contributed by atoms with Crippen LogP contribution in [0.4, 0.5) is 4.39 Å². The zero-order chi connectivity index (χ0) is 14.4. The van der Waals surface area contributed by atoms with Crippen molar-refractivity contribution in [3.63, 3.8) is 0 Å². The molecule has 20 heavy (non-hydrogen) atoms. The van der Waals surface area contributed by atoms with Gasteiger partial charge in [0.2, 0.25) is 0 Å². The van der Waals surface area contributed by atoms with Gasteiger partial charge in [0.05, 0.1) is 6.07 Å². The summed E-state index contributed by atoms with van der Waals surface area (Å²) in [6, 6.07) is 14.6. The summed E-state index contributed by atoms with van der Waals surface area (Å²) in [6.07, 6.45) is 0.719. The van der Waals surface area contributed by atoms with Gasteiger partial charge in [-0.15, -0.1) is 0 Å². The standard InChI is InChI=1S/C16H15FN2O/c17-14-5-1-12(2-6-14)9-10-19-16(11-18)13-3-7-15(20)8-4-13/h1-8,16,19-20H,9-10H2. The summed E-state index contributed by atoms with van der Waals surface area (Å²) < 4.78 is 12.8. The molecule has 1 unspecified atom stereocenters. The molecule has 4 heteroatoms. The molecule has 0 aliphatic carbocycles. The van der Waals surface area contributed by atoms with Gasteiger partial charge in [-0.25, -0.2) is 4.39 Å². The molecule has 0 spiro atoms. The second-order valence-electron chi connectivity index (χ2n) is 4.48. The van der Waals surface area contributed by atoms with Gasteiger partial charge in [-0.3, -0.25) is 5.32 Å². The molecule has 0 heterocycles. The van der Waals surface area contributed by atoms with E-state index in [4.69, 9.17) is 5.26 Å². The van der Waals surface area contributed by atoms with Crippen molar-refractivity contribution in [1.82, 2.24) is 5.32 Å². The van der Waals surface area contributed by atoms with Crippen LogP contribution in [-0.2, 0) is 6.42 Å². The molecule has 102 valence electrons. The highest BCUT2D eigenvalue weighted by Crippen LogP contribution is 2.16. The molecule has 0 radical (unpaired) electrons. The monoisotopic (exact) mass is 270 g/mol. The lowest BCUT2D eigenvalue weighted by molar-refractivity contribution is 0.474. The van der Waals surface area contributed by atoms with Crippen LogP contribution in [0, 0.1) is 17.1 Å². The van der Waals surface area contributed by atoms with Crippen LogP contribution in [-0.4, -0.2) is 11.7 Å². The van der Waals surface area contributed by atoms with Gasteiger partial charge in [-0.1, -0.05) is 24.3 Å². The Kier molecular flexibility index (Phi) is 4.70. The van der Waals surface area contributed by atoms with Crippen molar-refractivity contribution in [3.05, 3.63) is 65.5 Å². The third kappa shape index (κ3) is 3.81. The van der Waals surface area contributed by atoms with Gasteiger partial charge < -0.3 is 5.11 Å². The number of nitrogens with zero attached hydrogens (tertiary/aromatic N) is 1. The second-order valence-corrected chi connectivity index (χ2v) is 4.48. The highest BCUT2D eigenvalue weighted by Gasteiger charge is 2.09. The van der Waals surface area contributed by atoms with E-state index in [0.717, 1.165) is 17.5 Å². The van der Waals surface area contributed by atoms with Crippen LogP contribution in [0.25, 0.3) is 0 Å². The molecule has 0 saturated carbocycles. The van der Waals surface area contributed by atoms with Crippen LogP contribution in [0.15, 0.2) is 48.5 Å². The van der Waals surface area contributed by atoms with E-state index in [2.05, 4.69) is 11.4 Å². The first-order valence-corrected chi connectivity index (χ1v) is 6.35. The molecule has 1 atom stereocenters. The van der Waals surface area contributed by atoms with Crippen LogP contribution in [0.1, 0.15) is 17.2 Å². The molecule has 0 fully saturated rings. The van der Waals surface area contributed by atoms with Crippen molar-refractivity contribution in [2.75, 3.05) is 6.54 Å². The lowest BCUT2D eigenvalue weighted by Crippen LogP contribution is -2.22. The Morgan fingerprint density at radius 1 is 1.10 bits per heavy atom. The van der Waals surface area contributed by atoms with E-state index in [1.807, 2.05) is 0 Å². The summed E-state index contributed by atoms with van der Waals surface area (Å²) in [7, 11) is 0. The smallest absolute Gasteiger partial charge is 0.123 e. The number of phenolic OH excluding ortho intramolecular Hbond substituents is 1. The Balaban J connectivity index is 1.90. The number of hydrogen-bond acceptors (Lipinski definition) is 3. The quantitative estimate of drug-likeness (QED) is 0.878. The first-order chi connectivity index (χ1) is 9.69. The lowest BCUT2D eigenvalue weighted by Gasteiger charge is -2.12. The summed E-state index contributed by atoms with van der Waals surface area (Å²) in [6.45, 7) is 0.616. The van der Waals surface area contributed by atoms with Crippen LogP contribution in [0.2, 0.25) is 0 Å². The molecule has 0 aliphatic heterocycles. The number of nitrogens with one attached hydrogen (secondary N) is 1. The van der Waals surface area contributed by atoms with Crippen LogP contribution < -0.4 is 5.32 Å². The van der Waals surface area contributed by atoms with Crippen molar-refractivity contribution in [3.8, 4) is 11.8 Å². The van der Waals surface area contributed by atoms with Gasteiger partial charge in [-0.05, 0) is 41.8 Å². The third-order valence-corrected chi connectivity index (χ3v) is 3.03. The molecular formula is C16H15FN2O. The minimum atomic E-state index is -0.420. The first-order valence-electron chi connectivity index (χ1n) is 6.35. The summed E-state index contributed by atoms with van der Waals surface area (Å²) in [5, 5.41) is 21.5. The van der Waals surface area contributed by atoms with Crippen LogP contribution in [0.3, 0.4) is 0 Å². The number of nitriles is 1. The first kappa shape index (κ1) is 14.0. The summed E-state index contributed by atoms with van der Waals surface area (Å²) in [5.41, 5.74) is 1.82. The molecule has 0 aromatic heterocycles. The Hall–Kier alpha value is -2.38. The molecule has 0 bridgehead atoms. The largest absolute Gasteiger partial charge is 0.508 e. The van der Waals surface area contributed by atoms with Crippen molar-refractivity contribution in [2.24, 2.45) is 0 Å². The lowest BCUT2D eigenvalue weighted by atomic mass is 10.1. The van der Waals surface area contributed by atoms with E-state index in [1.165, 1.54) is 12.1 Å². The topological polar surface area (TPSA) is 56.0 Å². The molecular weight excluding hydrogens is 255 g/mol. The summed E-state index contributed by atoms with van der Waals surface area (Å²) in [5.74, 6) is -0.0718. The van der Waals surface area contributed by atoms with Gasteiger partial charge in [0.15, 0.2) is 0 Å². The third-order valence-electron chi connectivity index (χ3n) is 3.03. The Labute approximate surface area is 117 Å². The van der Waals surface area contributed by atoms with E-state index in [0.29, 0.717) is 6.54 Å². The highest BCUT2D eigenvalue weighted by atomic mass is 19.1. The summed E-state index contributed by atoms with van der Waals surface area (Å²) >= 11 is 0. The number of rotatable bonds is 5. The average molecular weight is 270 g/mol. The molecule has 2 rings (SSSR count). The van der Waals surface area contributed by atoms with Crippen molar-refractivity contribution >= 4 is 0 Å². The number of halogens is 1. The van der Waals surface area contributed by atoms with Crippen LogP contribution >= 0.6 is 0 Å². The maximum Gasteiger partial charge on any atom is 0.123 e. The Morgan fingerprint density at radius 2 is 1.75 bits per heavy atom. The number of phenols is 1. The molecule has 2 aromatic rings. The van der Waals surface area contributed by atoms with Gasteiger partial charge in [-0.2, -0.15) is 5.26 Å². The Morgan fingerprint density at radius 3 is 2.35 bits per heavy atom. The molecule has 3 nitrogen and oxygen atoms in total. The normalized spacial score (nSPS) is 11.8. The van der Waals surface area contributed by atoms with Crippen molar-refractivity contribution in [1.29, 1.82) is 5.26 Å². The molecule has 0 saturated heterocycles. The maximum absolute atomic E-state index is 12.8. The van der Waals surface area contributed by atoms with Gasteiger partial charge >= 0.3 is 0 Å². The average Bonchev–Trinajstić information content (AvgIpc) is 2.47. The van der Waals surface area contributed by atoms with Gasteiger partial charge in [0, 0.05) is 6.54 Å². The molecule has 2 N–H and O–H groups in total. The van der Waals surface area contributed by atoms with E-state index in [9.17, 15) is 9.50 Å². The maximum atomic E-state index is 12.8. The fourth-order valence-corrected chi connectivity index (χ4v) is 1.92. The molecule has 0 aliphatic rings. The molecule has 0 amide bonds. The van der Waals surface area contributed by atoms with Crippen molar-refractivity contribution < 1.29 is 9.50 Å². The zero-order valence-corrected chi connectivity index (χ0v) is 10.9. The van der Waals surface area contributed by atoms with E-state index in [-0.39, 0.29) is 11.6 Å². The van der Waals surface area contributed by atoms with Gasteiger partial charge in [0.1, 0.15) is 17.6 Å². The minimum absolute atomic E-state index is 0.178. The van der Waals surface area contributed by atoms with E-state index >= 15 is 0 Å². The molecule has 2 aromatic carbocycles. The minimum Gasteiger partial charge on any atom is -0.508 e. The van der Waals surface area contributed by atoms with E-state index in [1.54, 1.807) is 36.4 Å².